The summed E-state index contributed by atoms with van der Waals surface area (Å²) in [6.07, 6.45) is 3.71. The molecule has 0 aliphatic rings. The fourth-order valence-corrected chi connectivity index (χ4v) is 1.37. The minimum absolute atomic E-state index is 0.434. The van der Waals surface area contributed by atoms with Crippen molar-refractivity contribution >= 4 is 5.96 Å². The molecule has 0 aromatic heterocycles. The second kappa shape index (κ2) is 7.65. The highest BCUT2D eigenvalue weighted by Gasteiger charge is 2.02. The van der Waals surface area contributed by atoms with Gasteiger partial charge in [-0.05, 0) is 26.2 Å². The summed E-state index contributed by atoms with van der Waals surface area (Å²) in [5.41, 5.74) is 5.66. The van der Waals surface area contributed by atoms with Gasteiger partial charge < -0.3 is 11.1 Å². The van der Waals surface area contributed by atoms with E-state index in [1.54, 1.807) is 0 Å². The minimum atomic E-state index is 0.434. The number of hydrogen-bond acceptors (Lipinski definition) is 1. The number of hydrogen-bond donors (Lipinski definition) is 2. The van der Waals surface area contributed by atoms with Crippen molar-refractivity contribution in [3.63, 3.8) is 0 Å². The van der Waals surface area contributed by atoms with Crippen molar-refractivity contribution in [3.8, 4) is 0 Å². The average molecular weight is 199 g/mol. The molecule has 0 radical (unpaired) electrons. The predicted octanol–water partition coefficient (Wildman–Crippen LogP) is 2.13. The second-order valence-electron chi connectivity index (χ2n) is 4.23. The molecule has 14 heavy (non-hydrogen) atoms. The first-order valence-corrected chi connectivity index (χ1v) is 5.62. The molecule has 0 aliphatic heterocycles. The first-order chi connectivity index (χ1) is 6.56. The zero-order valence-electron chi connectivity index (χ0n) is 10.0. The van der Waals surface area contributed by atoms with Crippen molar-refractivity contribution in [1.29, 1.82) is 0 Å². The Morgan fingerprint density at radius 1 is 1.29 bits per heavy atom. The molecule has 3 nitrogen and oxygen atoms in total. The Morgan fingerprint density at radius 3 is 2.43 bits per heavy atom. The third-order valence-corrected chi connectivity index (χ3v) is 2.14. The molecule has 0 aromatic rings. The molecule has 0 saturated carbocycles. The summed E-state index contributed by atoms with van der Waals surface area (Å²) in [5, 5.41) is 3.18. The monoisotopic (exact) mass is 199 g/mol. The Bertz CT molecular complexity index is 164. The van der Waals surface area contributed by atoms with Crippen LogP contribution in [-0.2, 0) is 0 Å². The molecule has 0 aliphatic carbocycles. The smallest absolute Gasteiger partial charge is 0.188 e. The number of rotatable bonds is 6. The van der Waals surface area contributed by atoms with Crippen LogP contribution in [0.5, 0.6) is 0 Å². The van der Waals surface area contributed by atoms with Gasteiger partial charge in [0.15, 0.2) is 5.96 Å². The van der Waals surface area contributed by atoms with Gasteiger partial charge in [0.2, 0.25) is 0 Å². The maximum absolute atomic E-state index is 5.66. The Morgan fingerprint density at radius 2 is 1.93 bits per heavy atom. The minimum Gasteiger partial charge on any atom is -0.370 e. The van der Waals surface area contributed by atoms with E-state index in [1.165, 1.54) is 12.8 Å². The van der Waals surface area contributed by atoms with Crippen molar-refractivity contribution in [2.24, 2.45) is 16.6 Å². The molecule has 0 heterocycles. The van der Waals surface area contributed by atoms with E-state index in [-0.39, 0.29) is 0 Å². The molecule has 0 amide bonds. The van der Waals surface area contributed by atoms with Crippen LogP contribution in [0.25, 0.3) is 0 Å². The molecule has 1 atom stereocenters. The maximum atomic E-state index is 5.66. The van der Waals surface area contributed by atoms with E-state index >= 15 is 0 Å². The highest BCUT2D eigenvalue weighted by molar-refractivity contribution is 5.78. The molecule has 1 unspecified atom stereocenters. The van der Waals surface area contributed by atoms with Crippen LogP contribution in [0, 0.1) is 5.92 Å². The molecular weight excluding hydrogens is 174 g/mol. The van der Waals surface area contributed by atoms with E-state index in [2.05, 4.69) is 31.1 Å². The fourth-order valence-electron chi connectivity index (χ4n) is 1.37. The average Bonchev–Trinajstić information content (AvgIpc) is 2.03. The number of aliphatic imine (C=N–C) groups is 1. The van der Waals surface area contributed by atoms with Gasteiger partial charge >= 0.3 is 0 Å². The molecule has 84 valence electrons. The Hall–Kier alpha value is -0.730. The number of nitrogens with two attached hydrogens (primary N) is 1. The van der Waals surface area contributed by atoms with E-state index in [4.69, 9.17) is 5.73 Å². The van der Waals surface area contributed by atoms with Crippen molar-refractivity contribution in [2.75, 3.05) is 6.54 Å². The molecule has 0 fully saturated rings. The molecular formula is C11H25N3. The lowest BCUT2D eigenvalue weighted by atomic mass is 10.0. The lowest BCUT2D eigenvalue weighted by Gasteiger charge is -2.14. The summed E-state index contributed by atoms with van der Waals surface area (Å²) in [4.78, 5) is 4.09. The molecule has 0 spiro atoms. The van der Waals surface area contributed by atoms with E-state index in [0.717, 1.165) is 18.9 Å². The molecule has 3 heteroatoms. The van der Waals surface area contributed by atoms with E-state index in [0.29, 0.717) is 12.0 Å². The molecule has 0 aromatic carbocycles. The highest BCUT2D eigenvalue weighted by atomic mass is 15.1. The van der Waals surface area contributed by atoms with Gasteiger partial charge in [0.25, 0.3) is 0 Å². The van der Waals surface area contributed by atoms with E-state index in [1.807, 2.05) is 6.92 Å². The van der Waals surface area contributed by atoms with Gasteiger partial charge in [-0.15, -0.1) is 0 Å². The van der Waals surface area contributed by atoms with Crippen LogP contribution in [0.2, 0.25) is 0 Å². The first-order valence-electron chi connectivity index (χ1n) is 5.62. The van der Waals surface area contributed by atoms with Crippen molar-refractivity contribution < 1.29 is 0 Å². The molecule has 0 rings (SSSR count). The van der Waals surface area contributed by atoms with Crippen LogP contribution in [0.4, 0.5) is 0 Å². The number of nitrogens with zero attached hydrogens (tertiary/aromatic N) is 1. The van der Waals surface area contributed by atoms with Gasteiger partial charge in [0, 0.05) is 12.6 Å². The summed E-state index contributed by atoms with van der Waals surface area (Å²) in [6, 6.07) is 0.434. The third kappa shape index (κ3) is 7.90. The quantitative estimate of drug-likeness (QED) is 0.508. The standard InChI is InChI=1S/C11H25N3/c1-5-13-11(12)14-10(4)8-6-7-9(2)3/h9-10H,5-8H2,1-4H3,(H3,12,13,14). The second-order valence-corrected chi connectivity index (χ2v) is 4.23. The summed E-state index contributed by atoms with van der Waals surface area (Å²) >= 11 is 0. The van der Waals surface area contributed by atoms with Crippen LogP contribution < -0.4 is 11.1 Å². The topological polar surface area (TPSA) is 50.4 Å². The normalized spacial score (nSPS) is 14.5. The van der Waals surface area contributed by atoms with Gasteiger partial charge in [-0.3, -0.25) is 4.99 Å². The summed E-state index contributed by atoms with van der Waals surface area (Å²) in [6.45, 7) is 9.39. The summed E-state index contributed by atoms with van der Waals surface area (Å²) < 4.78 is 0. The van der Waals surface area contributed by atoms with Crippen LogP contribution in [0.15, 0.2) is 4.99 Å². The van der Waals surface area contributed by atoms with E-state index < -0.39 is 0 Å². The van der Waals surface area contributed by atoms with Gasteiger partial charge in [-0.2, -0.15) is 0 Å². The maximum Gasteiger partial charge on any atom is 0.188 e. The van der Waals surface area contributed by atoms with Crippen molar-refractivity contribution in [2.45, 2.75) is 53.0 Å². The predicted molar refractivity (Wildman–Crippen MR) is 63.5 cm³/mol. The summed E-state index contributed by atoms with van der Waals surface area (Å²) in [5.74, 6) is 1.37. The zero-order chi connectivity index (χ0) is 11.0. The zero-order valence-corrected chi connectivity index (χ0v) is 10.0. The van der Waals surface area contributed by atoms with Gasteiger partial charge in [0.05, 0.1) is 0 Å². The van der Waals surface area contributed by atoms with Crippen LogP contribution in [0.1, 0.15) is 47.0 Å². The van der Waals surface area contributed by atoms with Crippen LogP contribution in [-0.4, -0.2) is 18.5 Å². The number of nitrogens with one attached hydrogen (secondary N) is 1. The largest absolute Gasteiger partial charge is 0.370 e. The third-order valence-electron chi connectivity index (χ3n) is 2.14. The van der Waals surface area contributed by atoms with Crippen molar-refractivity contribution in [3.05, 3.63) is 0 Å². The number of guanidine groups is 1. The van der Waals surface area contributed by atoms with Crippen LogP contribution >= 0.6 is 0 Å². The Labute approximate surface area is 88.2 Å². The van der Waals surface area contributed by atoms with Crippen LogP contribution in [0.3, 0.4) is 0 Å². The molecule has 0 saturated heterocycles. The lowest BCUT2D eigenvalue weighted by molar-refractivity contribution is 0.493. The molecule has 0 bridgehead atoms. The van der Waals surface area contributed by atoms with Gasteiger partial charge in [0.1, 0.15) is 0 Å². The first kappa shape index (κ1) is 13.3. The van der Waals surface area contributed by atoms with Crippen molar-refractivity contribution in [1.82, 2.24) is 5.32 Å². The Balaban J connectivity index is 3.54. The van der Waals surface area contributed by atoms with E-state index in [9.17, 15) is 0 Å². The fraction of sp³-hybridized carbons (Fsp3) is 0.909. The SMILES string of the molecule is CCN=C(N)NC(C)CCCC(C)C. The van der Waals surface area contributed by atoms with Gasteiger partial charge in [-0.1, -0.05) is 26.7 Å². The lowest BCUT2D eigenvalue weighted by Crippen LogP contribution is -2.38. The van der Waals surface area contributed by atoms with Gasteiger partial charge in [-0.25, -0.2) is 0 Å². The molecule has 3 N–H and O–H groups in total. The highest BCUT2D eigenvalue weighted by Crippen LogP contribution is 2.07. The Kier molecular flexibility index (Phi) is 7.25. The summed E-state index contributed by atoms with van der Waals surface area (Å²) in [7, 11) is 0.